The average molecular weight is 631 g/mol. The van der Waals surface area contributed by atoms with Crippen molar-refractivity contribution in [1.82, 2.24) is 0 Å². The number of unbranched alkanes of at least 4 members (excludes halogenated alkanes) is 2. The zero-order valence-electron chi connectivity index (χ0n) is 28.8. The van der Waals surface area contributed by atoms with E-state index in [1.165, 1.54) is 0 Å². The molecule has 0 fully saturated rings. The molecule has 0 amide bonds. The quantitative estimate of drug-likeness (QED) is 0.0507. The van der Waals surface area contributed by atoms with Crippen LogP contribution < -0.4 is 0 Å². The second-order valence-electron chi connectivity index (χ2n) is 10.9. The average Bonchev–Trinajstić information content (AvgIpc) is 3.04. The Morgan fingerprint density at radius 2 is 0.891 bits per heavy atom. The fourth-order valence-corrected chi connectivity index (χ4v) is 4.18. The Balaban J connectivity index is 4.31. The zero-order valence-corrected chi connectivity index (χ0v) is 28.8. The molecule has 4 nitrogen and oxygen atoms in total. The third kappa shape index (κ3) is 34.8. The lowest BCUT2D eigenvalue weighted by Gasteiger charge is -2.14. The molecule has 0 rings (SSSR count). The Labute approximate surface area is 281 Å². The van der Waals surface area contributed by atoms with Crippen molar-refractivity contribution in [3.05, 3.63) is 122 Å². The minimum Gasteiger partial charge on any atom is -0.481 e. The molecule has 0 aliphatic carbocycles. The molecule has 4 heteroatoms. The molecule has 0 aromatic rings. The summed E-state index contributed by atoms with van der Waals surface area (Å²) >= 11 is 0. The van der Waals surface area contributed by atoms with Gasteiger partial charge in [0.25, 0.3) is 0 Å². The molecule has 1 N–H and O–H groups in total. The van der Waals surface area contributed by atoms with Gasteiger partial charge in [0.1, 0.15) is 6.10 Å². The second-order valence-corrected chi connectivity index (χ2v) is 10.9. The maximum absolute atomic E-state index is 12.5. The van der Waals surface area contributed by atoms with E-state index in [0.717, 1.165) is 77.0 Å². The Hall–Kier alpha value is -3.66. The smallest absolute Gasteiger partial charge is 0.306 e. The lowest BCUT2D eigenvalue weighted by molar-refractivity contribution is -0.147. The molecule has 0 aliphatic rings. The van der Waals surface area contributed by atoms with Gasteiger partial charge in [0.05, 0.1) is 0 Å². The second kappa shape index (κ2) is 35.8. The van der Waals surface area contributed by atoms with Crippen LogP contribution in [0.4, 0.5) is 0 Å². The van der Waals surface area contributed by atoms with E-state index in [1.54, 1.807) is 0 Å². The topological polar surface area (TPSA) is 63.6 Å². The number of carbonyl (C=O) groups is 2. The monoisotopic (exact) mass is 630 g/mol. The summed E-state index contributed by atoms with van der Waals surface area (Å²) in [6, 6.07) is 0. The van der Waals surface area contributed by atoms with Crippen molar-refractivity contribution in [3.8, 4) is 0 Å². The highest BCUT2D eigenvalue weighted by Gasteiger charge is 2.11. The largest absolute Gasteiger partial charge is 0.481 e. The molecule has 0 saturated carbocycles. The molecule has 0 heterocycles. The molecular formula is C42H62O4. The van der Waals surface area contributed by atoms with Gasteiger partial charge in [-0.25, -0.2) is 0 Å². The zero-order chi connectivity index (χ0) is 33.6. The van der Waals surface area contributed by atoms with Crippen LogP contribution in [-0.4, -0.2) is 23.1 Å². The molecule has 46 heavy (non-hydrogen) atoms. The first-order valence-electron chi connectivity index (χ1n) is 17.5. The molecule has 0 aliphatic heterocycles. The highest BCUT2D eigenvalue weighted by Crippen LogP contribution is 2.12. The Bertz CT molecular complexity index is 1030. The number of ether oxygens (including phenoxy) is 1. The van der Waals surface area contributed by atoms with Gasteiger partial charge in [-0.3, -0.25) is 9.59 Å². The fraction of sp³-hybridized carbons (Fsp3) is 0.476. The van der Waals surface area contributed by atoms with Gasteiger partial charge in [-0.15, -0.1) is 0 Å². The summed E-state index contributed by atoms with van der Waals surface area (Å²) in [5.41, 5.74) is 0. The molecular weight excluding hydrogens is 568 g/mol. The summed E-state index contributed by atoms with van der Waals surface area (Å²) < 4.78 is 5.76. The number of allylic oxidation sites excluding steroid dienone is 19. The van der Waals surface area contributed by atoms with Crippen molar-refractivity contribution >= 4 is 11.9 Å². The number of rotatable bonds is 29. The van der Waals surface area contributed by atoms with E-state index in [2.05, 4.69) is 117 Å². The number of carbonyl (C=O) groups excluding carboxylic acids is 1. The van der Waals surface area contributed by atoms with E-state index in [4.69, 9.17) is 9.84 Å². The number of aliphatic carboxylic acids is 1. The van der Waals surface area contributed by atoms with Crippen molar-refractivity contribution in [2.75, 3.05) is 0 Å². The molecule has 254 valence electrons. The van der Waals surface area contributed by atoms with Crippen molar-refractivity contribution in [2.45, 2.75) is 129 Å². The van der Waals surface area contributed by atoms with Gasteiger partial charge >= 0.3 is 11.9 Å². The fourth-order valence-electron chi connectivity index (χ4n) is 4.18. The van der Waals surface area contributed by atoms with Crippen LogP contribution in [-0.2, 0) is 14.3 Å². The Kier molecular flexibility index (Phi) is 33.0. The van der Waals surface area contributed by atoms with E-state index in [0.29, 0.717) is 25.7 Å². The molecule has 0 radical (unpaired) electrons. The number of carboxylic acid groups (broad SMARTS) is 1. The molecule has 1 unspecified atom stereocenters. The number of carboxylic acids is 1. The lowest BCUT2D eigenvalue weighted by Crippen LogP contribution is -2.16. The summed E-state index contributed by atoms with van der Waals surface area (Å²) in [7, 11) is 0. The predicted molar refractivity (Wildman–Crippen MR) is 199 cm³/mol. The van der Waals surface area contributed by atoms with Crippen molar-refractivity contribution < 1.29 is 19.4 Å². The molecule has 0 bridgehead atoms. The van der Waals surface area contributed by atoms with Crippen molar-refractivity contribution in [2.24, 2.45) is 0 Å². The Morgan fingerprint density at radius 1 is 0.500 bits per heavy atom. The summed E-state index contributed by atoms with van der Waals surface area (Å²) in [5.74, 6) is -0.964. The summed E-state index contributed by atoms with van der Waals surface area (Å²) in [6.45, 7) is 4.28. The first-order valence-corrected chi connectivity index (χ1v) is 17.5. The predicted octanol–water partition coefficient (Wildman–Crippen LogP) is 12.2. The maximum Gasteiger partial charge on any atom is 0.306 e. The first-order chi connectivity index (χ1) is 22.6. The van der Waals surface area contributed by atoms with Crippen LogP contribution in [0.15, 0.2) is 122 Å². The lowest BCUT2D eigenvalue weighted by atomic mass is 10.1. The molecule has 0 saturated heterocycles. The summed E-state index contributed by atoms with van der Waals surface area (Å²) in [6.07, 6.45) is 56.5. The minimum absolute atomic E-state index is 0.181. The number of esters is 1. The van der Waals surface area contributed by atoms with E-state index >= 15 is 0 Å². The van der Waals surface area contributed by atoms with Gasteiger partial charge in [0, 0.05) is 12.8 Å². The van der Waals surface area contributed by atoms with E-state index in [-0.39, 0.29) is 18.5 Å². The Morgan fingerprint density at radius 3 is 1.30 bits per heavy atom. The van der Waals surface area contributed by atoms with Crippen LogP contribution in [0.25, 0.3) is 0 Å². The van der Waals surface area contributed by atoms with Gasteiger partial charge in [-0.2, -0.15) is 0 Å². The highest BCUT2D eigenvalue weighted by atomic mass is 16.5. The van der Waals surface area contributed by atoms with Gasteiger partial charge in [-0.05, 0) is 96.0 Å². The van der Waals surface area contributed by atoms with Crippen LogP contribution in [0.3, 0.4) is 0 Å². The van der Waals surface area contributed by atoms with Gasteiger partial charge in [0.15, 0.2) is 0 Å². The van der Waals surface area contributed by atoms with Gasteiger partial charge in [-0.1, -0.05) is 136 Å². The number of hydrogen-bond donors (Lipinski definition) is 1. The van der Waals surface area contributed by atoms with Crippen LogP contribution >= 0.6 is 0 Å². The van der Waals surface area contributed by atoms with E-state index in [9.17, 15) is 9.59 Å². The van der Waals surface area contributed by atoms with E-state index < -0.39 is 5.97 Å². The van der Waals surface area contributed by atoms with Gasteiger partial charge < -0.3 is 9.84 Å². The van der Waals surface area contributed by atoms with Crippen molar-refractivity contribution in [1.29, 1.82) is 0 Å². The summed E-state index contributed by atoms with van der Waals surface area (Å²) in [4.78, 5) is 23.3. The molecule has 1 atom stereocenters. The van der Waals surface area contributed by atoms with Crippen LogP contribution in [0.5, 0.6) is 0 Å². The standard InChI is InChI=1S/C42H62O4/c1-3-5-7-9-11-13-15-16-17-18-19-20-21-22-24-26-28-30-35-39-42(45)46-40(37-33-31-34-38-41(43)44)36-32-29-27-25-23-14-12-10-8-6-4-2/h5-8,11-14,16-17,19-20,22,24-25,27-28,30,32,36,40H,3-4,9-10,15,18,21,23,26,29,31,33-35,37-39H2,1-2H3,(H,43,44)/b7-5-,8-6-,13-11-,14-12-,17-16-,20-19-,24-22-,27-25-,30-28-,36-32-. The summed E-state index contributed by atoms with van der Waals surface area (Å²) in [5, 5.41) is 8.85. The van der Waals surface area contributed by atoms with Crippen molar-refractivity contribution in [3.63, 3.8) is 0 Å². The third-order valence-corrected chi connectivity index (χ3v) is 6.68. The third-order valence-electron chi connectivity index (χ3n) is 6.68. The van der Waals surface area contributed by atoms with Crippen LogP contribution in [0, 0.1) is 0 Å². The first kappa shape index (κ1) is 42.3. The number of hydrogen-bond acceptors (Lipinski definition) is 3. The van der Waals surface area contributed by atoms with Gasteiger partial charge in [0.2, 0.25) is 0 Å². The maximum atomic E-state index is 12.5. The van der Waals surface area contributed by atoms with Crippen LogP contribution in [0.1, 0.15) is 123 Å². The molecule has 0 aromatic heterocycles. The minimum atomic E-state index is -0.767. The normalized spacial score (nSPS) is 13.8. The molecule has 0 aromatic carbocycles. The van der Waals surface area contributed by atoms with Crippen LogP contribution in [0.2, 0.25) is 0 Å². The van der Waals surface area contributed by atoms with E-state index in [1.807, 2.05) is 18.2 Å². The molecule has 0 spiro atoms. The SMILES string of the molecule is CC/C=C\C/C=C\C/C=C\C/C=C\C/C=C\C/C=C\CCC(=O)OC(/C=C\C/C=C\C/C=C\C/C=C\CC)CCCCCC(=O)O. The highest BCUT2D eigenvalue weighted by molar-refractivity contribution is 5.69.